The Labute approximate surface area is 261 Å². The second-order valence-electron chi connectivity index (χ2n) is 11.1. The fourth-order valence-corrected chi connectivity index (χ4v) is 8.29. The molecule has 0 aliphatic carbocycles. The van der Waals surface area contributed by atoms with Crippen LogP contribution in [0.15, 0.2) is 48.5 Å². The summed E-state index contributed by atoms with van der Waals surface area (Å²) in [5, 5.41) is 1.50. The number of hydrogen-bond donors (Lipinski definition) is 2. The Morgan fingerprint density at radius 2 is 1.29 bits per heavy atom. The highest BCUT2D eigenvalue weighted by molar-refractivity contribution is 7.99. The molecule has 1 unspecified atom stereocenters. The first-order valence-electron chi connectivity index (χ1n) is 13.9. The van der Waals surface area contributed by atoms with E-state index in [0.717, 1.165) is 54.8 Å². The van der Waals surface area contributed by atoms with Gasteiger partial charge >= 0.3 is 0 Å². The predicted molar refractivity (Wildman–Crippen MR) is 173 cm³/mol. The van der Waals surface area contributed by atoms with Gasteiger partial charge in [-0.25, -0.2) is 0 Å². The summed E-state index contributed by atoms with van der Waals surface area (Å²) in [5.74, 6) is 2.84. The average molecular weight is 642 g/mol. The van der Waals surface area contributed by atoms with Gasteiger partial charge in [0.25, 0.3) is 0 Å². The van der Waals surface area contributed by atoms with E-state index in [-0.39, 0.29) is 17.6 Å². The van der Waals surface area contributed by atoms with Crippen molar-refractivity contribution < 1.29 is 13.8 Å². The van der Waals surface area contributed by atoms with Crippen molar-refractivity contribution >= 4 is 57.6 Å². The normalized spacial score (nSPS) is 24.2. The molecule has 0 radical (unpaired) electrons. The van der Waals surface area contributed by atoms with E-state index in [2.05, 4.69) is 36.0 Å². The second-order valence-corrected chi connectivity index (χ2v) is 14.5. The number of carbonyl (C=O) groups is 2. The van der Waals surface area contributed by atoms with Crippen molar-refractivity contribution in [2.45, 2.75) is 24.7 Å². The van der Waals surface area contributed by atoms with Gasteiger partial charge in [-0.1, -0.05) is 47.5 Å². The van der Waals surface area contributed by atoms with E-state index in [4.69, 9.17) is 34.7 Å². The molecule has 2 aromatic carbocycles. The van der Waals surface area contributed by atoms with E-state index in [1.165, 1.54) is 11.1 Å². The minimum absolute atomic E-state index is 0.0481. The zero-order valence-corrected chi connectivity index (χ0v) is 27.0. The topological polar surface area (TPSA) is 110 Å². The fraction of sp³-hybridized carbons (Fsp3) is 0.533. The van der Waals surface area contributed by atoms with E-state index < -0.39 is 16.7 Å². The molecule has 2 aliphatic heterocycles. The number of nitrogens with two attached hydrogens (primary N) is 2. The Bertz CT molecular complexity index is 1150. The molecule has 4 rings (SSSR count). The van der Waals surface area contributed by atoms with E-state index in [1.54, 1.807) is 11.8 Å². The molecule has 5 atom stereocenters. The van der Waals surface area contributed by atoms with Crippen LogP contribution in [0.4, 0.5) is 0 Å². The van der Waals surface area contributed by atoms with Crippen molar-refractivity contribution in [3.63, 3.8) is 0 Å². The molecule has 2 aliphatic rings. The summed E-state index contributed by atoms with van der Waals surface area (Å²) in [5.41, 5.74) is 12.9. The third kappa shape index (κ3) is 11.5. The van der Waals surface area contributed by atoms with E-state index in [1.807, 2.05) is 36.4 Å². The molecule has 41 heavy (non-hydrogen) atoms. The van der Waals surface area contributed by atoms with Crippen LogP contribution < -0.4 is 11.5 Å². The molecular weight excluding hydrogens is 599 g/mol. The van der Waals surface area contributed by atoms with E-state index in [0.29, 0.717) is 29.3 Å². The first kappa shape index (κ1) is 33.9. The number of likely N-dealkylation sites (tertiary alicyclic amines) is 2. The summed E-state index contributed by atoms with van der Waals surface area (Å²) >= 11 is 13.6. The highest BCUT2D eigenvalue weighted by Crippen LogP contribution is 2.35. The second kappa shape index (κ2) is 16.9. The van der Waals surface area contributed by atoms with Gasteiger partial charge in [0.1, 0.15) is 5.75 Å². The Balaban J connectivity index is 0.000000226. The van der Waals surface area contributed by atoms with Crippen LogP contribution in [-0.2, 0) is 20.4 Å². The van der Waals surface area contributed by atoms with Gasteiger partial charge in [0.15, 0.2) is 0 Å². The molecular formula is C30H42Cl2N4O3S2. The molecule has 2 heterocycles. The third-order valence-corrected chi connectivity index (χ3v) is 10.8. The lowest BCUT2D eigenvalue weighted by Crippen LogP contribution is -2.40. The van der Waals surface area contributed by atoms with Gasteiger partial charge in [-0.15, -0.1) is 0 Å². The van der Waals surface area contributed by atoms with Crippen LogP contribution >= 0.6 is 35.0 Å². The first-order chi connectivity index (χ1) is 19.5. The van der Waals surface area contributed by atoms with E-state index >= 15 is 0 Å². The number of primary amides is 2. The summed E-state index contributed by atoms with van der Waals surface area (Å²) in [6.07, 6.45) is 2.18. The zero-order chi connectivity index (χ0) is 29.9. The number of rotatable bonds is 10. The van der Waals surface area contributed by atoms with Crippen LogP contribution in [0.5, 0.6) is 0 Å². The lowest BCUT2D eigenvalue weighted by atomic mass is 9.81. The summed E-state index contributed by atoms with van der Waals surface area (Å²) in [6, 6.07) is 16.1. The molecule has 2 fully saturated rings. The average Bonchev–Trinajstić information content (AvgIpc) is 2.90. The lowest BCUT2D eigenvalue weighted by molar-refractivity contribution is -0.116. The maximum Gasteiger partial charge on any atom is 0.230 e. The van der Waals surface area contributed by atoms with Gasteiger partial charge in [-0.3, -0.25) is 13.8 Å². The van der Waals surface area contributed by atoms with Gasteiger partial charge in [0.2, 0.25) is 11.8 Å². The number of hydrogen-bond acceptors (Lipinski definition) is 6. The molecule has 7 nitrogen and oxygen atoms in total. The Morgan fingerprint density at radius 3 is 1.76 bits per heavy atom. The van der Waals surface area contributed by atoms with Crippen LogP contribution in [0.1, 0.15) is 35.8 Å². The smallest absolute Gasteiger partial charge is 0.230 e. The van der Waals surface area contributed by atoms with Gasteiger partial charge < -0.3 is 21.3 Å². The Kier molecular flexibility index (Phi) is 13.9. The van der Waals surface area contributed by atoms with Crippen LogP contribution in [0.3, 0.4) is 0 Å². The van der Waals surface area contributed by atoms with Gasteiger partial charge in [0.05, 0.1) is 5.75 Å². The largest absolute Gasteiger partial charge is 0.369 e. The molecule has 2 amide bonds. The van der Waals surface area contributed by atoms with Crippen LogP contribution in [0.2, 0.25) is 10.0 Å². The monoisotopic (exact) mass is 640 g/mol. The third-order valence-electron chi connectivity index (χ3n) is 7.75. The Hall–Kier alpha value is -1.62. The van der Waals surface area contributed by atoms with E-state index in [9.17, 15) is 13.8 Å². The van der Waals surface area contributed by atoms with Crippen molar-refractivity contribution in [1.29, 1.82) is 0 Å². The molecule has 11 heteroatoms. The zero-order valence-electron chi connectivity index (χ0n) is 23.8. The molecule has 4 N–H and O–H groups in total. The number of carbonyl (C=O) groups excluding carboxylic acids is 2. The minimum atomic E-state index is -1.19. The molecule has 0 bridgehead atoms. The van der Waals surface area contributed by atoms with Gasteiger partial charge in [-0.05, 0) is 105 Å². The Morgan fingerprint density at radius 1 is 0.829 bits per heavy atom. The number of nitrogens with zero attached hydrogens (tertiary/aromatic N) is 2. The molecule has 0 spiro atoms. The standard InChI is InChI=1S/C15H21ClN2O2S.C15H21ClN2OS/c1-18-7-6-14(11-2-4-13(16)5-3-11)12(8-18)9-21(20)10-15(17)19;1-18-7-6-14(11-2-4-13(16)5-3-11)12(8-18)9-20-10-15(17)19/h2-5,12,14H,6-10H2,1H3,(H2,17,19);2-5,12,14H,6-10H2,1H3,(H2,17,19)/t12-,14-,21?;12-,14-/m11/s1. The van der Waals surface area contributed by atoms with Crippen molar-refractivity contribution in [2.75, 3.05) is 63.3 Å². The first-order valence-corrected chi connectivity index (χ1v) is 17.3. The highest BCUT2D eigenvalue weighted by Gasteiger charge is 2.31. The minimum Gasteiger partial charge on any atom is -0.369 e. The molecule has 0 saturated carbocycles. The molecule has 2 aromatic rings. The lowest BCUT2D eigenvalue weighted by Gasteiger charge is -2.37. The number of benzene rings is 2. The number of piperidine rings is 2. The number of amides is 2. The SMILES string of the molecule is CN1CC[C@H](c2ccc(Cl)cc2)[C@@H](CS(=O)CC(N)=O)C1.CN1CC[C@H](c2ccc(Cl)cc2)[C@@H](CSCC(N)=O)C1. The molecule has 0 aromatic heterocycles. The van der Waals surface area contributed by atoms with Gasteiger partial charge in [0, 0.05) is 39.7 Å². The van der Waals surface area contributed by atoms with Crippen molar-refractivity contribution in [1.82, 2.24) is 9.80 Å². The maximum atomic E-state index is 12.0. The fourth-order valence-electron chi connectivity index (χ4n) is 5.83. The van der Waals surface area contributed by atoms with Crippen molar-refractivity contribution in [3.05, 3.63) is 69.7 Å². The summed E-state index contributed by atoms with van der Waals surface area (Å²) < 4.78 is 12.0. The summed E-state index contributed by atoms with van der Waals surface area (Å²) in [7, 11) is 3.04. The predicted octanol–water partition coefficient (Wildman–Crippen LogP) is 4.20. The quantitative estimate of drug-likeness (QED) is 0.403. The van der Waals surface area contributed by atoms with Crippen molar-refractivity contribution in [2.24, 2.45) is 23.3 Å². The molecule has 2 saturated heterocycles. The highest BCUT2D eigenvalue weighted by atomic mass is 35.5. The summed E-state index contributed by atoms with van der Waals surface area (Å²) in [6.45, 7) is 4.09. The number of thioether (sulfide) groups is 1. The van der Waals surface area contributed by atoms with Crippen LogP contribution in [0, 0.1) is 11.8 Å². The van der Waals surface area contributed by atoms with Crippen LogP contribution in [0.25, 0.3) is 0 Å². The van der Waals surface area contributed by atoms with Crippen molar-refractivity contribution in [3.8, 4) is 0 Å². The van der Waals surface area contributed by atoms with Crippen LogP contribution in [-0.4, -0.2) is 89.1 Å². The molecule has 226 valence electrons. The summed E-state index contributed by atoms with van der Waals surface area (Å²) in [4.78, 5) is 26.4. The van der Waals surface area contributed by atoms with Gasteiger partial charge in [-0.2, -0.15) is 11.8 Å². The number of halogens is 2. The maximum absolute atomic E-state index is 12.0.